The molecule has 0 spiro atoms. The lowest BCUT2D eigenvalue weighted by Gasteiger charge is -2.53. The fraction of sp³-hybridized carbons (Fsp3) is 0.833. The molecule has 1 aliphatic rings. The summed E-state index contributed by atoms with van der Waals surface area (Å²) < 4.78 is 55.5. The van der Waals surface area contributed by atoms with E-state index in [4.69, 9.17) is 0 Å². The second-order valence-electron chi connectivity index (χ2n) is 5.39. The van der Waals surface area contributed by atoms with Crippen LogP contribution in [-0.2, 0) is 9.59 Å². The van der Waals surface area contributed by atoms with Crippen LogP contribution >= 0.6 is 0 Å². The molecule has 4 nitrogen and oxygen atoms in total. The van der Waals surface area contributed by atoms with Crippen LogP contribution in [0.5, 0.6) is 0 Å². The molecule has 4 atom stereocenters. The highest BCUT2D eigenvalue weighted by molar-refractivity contribution is 5.35. The van der Waals surface area contributed by atoms with Crippen LogP contribution in [0.4, 0.5) is 17.6 Å². The third-order valence-corrected chi connectivity index (χ3v) is 4.22. The highest BCUT2D eigenvalue weighted by Crippen LogP contribution is 2.54. The minimum Gasteiger partial charge on any atom is -0.244 e. The Bertz CT molecular complexity index is 438. The van der Waals surface area contributed by atoms with E-state index in [1.165, 1.54) is 13.8 Å². The zero-order chi connectivity index (χ0) is 15.6. The lowest BCUT2D eigenvalue weighted by molar-refractivity contribution is -0.164. The van der Waals surface area contributed by atoms with Crippen LogP contribution in [0.15, 0.2) is 9.98 Å². The summed E-state index contributed by atoms with van der Waals surface area (Å²) in [5.41, 5.74) is -3.68. The fourth-order valence-electron chi connectivity index (χ4n) is 2.63. The van der Waals surface area contributed by atoms with Crippen LogP contribution in [0.2, 0.25) is 0 Å². The lowest BCUT2D eigenvalue weighted by Crippen LogP contribution is -2.65. The monoisotopic (exact) mass is 294 g/mol. The van der Waals surface area contributed by atoms with Gasteiger partial charge in [0.1, 0.15) is 12.3 Å². The summed E-state index contributed by atoms with van der Waals surface area (Å²) in [5.74, 6) is 0. The number of aliphatic imine (C=N–C) groups is 2. The van der Waals surface area contributed by atoms with Crippen LogP contribution in [0.1, 0.15) is 13.8 Å². The number of alkyl halides is 4. The van der Waals surface area contributed by atoms with Crippen molar-refractivity contribution in [2.24, 2.45) is 20.8 Å². The fourth-order valence-corrected chi connectivity index (χ4v) is 2.63. The first-order chi connectivity index (χ1) is 9.26. The molecule has 1 saturated carbocycles. The quantitative estimate of drug-likeness (QED) is 0.452. The molecule has 0 heterocycles. The Labute approximate surface area is 113 Å². The average Bonchev–Trinajstić information content (AvgIpc) is 2.43. The molecule has 0 amide bonds. The number of nitrogens with zero attached hydrogens (tertiary/aromatic N) is 2. The van der Waals surface area contributed by atoms with E-state index < -0.39 is 48.6 Å². The molecule has 0 aromatic rings. The Hall–Kier alpha value is -1.52. The number of carbonyl (C=O) groups excluding carboxylic acids is 2. The number of halogens is 4. The molecule has 20 heavy (non-hydrogen) atoms. The first-order valence-corrected chi connectivity index (χ1v) is 5.90. The van der Waals surface area contributed by atoms with Gasteiger partial charge in [-0.1, -0.05) is 13.8 Å². The Morgan fingerprint density at radius 2 is 1.30 bits per heavy atom. The summed E-state index contributed by atoms with van der Waals surface area (Å²) in [6.07, 6.45) is -7.85. The van der Waals surface area contributed by atoms with Crippen LogP contribution in [0, 0.1) is 10.8 Å². The highest BCUT2D eigenvalue weighted by atomic mass is 19.2. The topological polar surface area (TPSA) is 58.9 Å². The van der Waals surface area contributed by atoms with Gasteiger partial charge >= 0.3 is 0 Å². The Morgan fingerprint density at radius 3 is 1.70 bits per heavy atom. The van der Waals surface area contributed by atoms with Crippen LogP contribution in [0.25, 0.3) is 0 Å². The van der Waals surface area contributed by atoms with Crippen LogP contribution in [-0.4, -0.2) is 49.9 Å². The zero-order valence-corrected chi connectivity index (χ0v) is 10.9. The zero-order valence-electron chi connectivity index (χ0n) is 10.9. The van der Waals surface area contributed by atoms with Crippen LogP contribution in [0.3, 0.4) is 0 Å². The standard InChI is InChI=1S/C12H14F4N2O2/c1-11(2)9(15)7(13)8(14)10(16)12(11,3-17-5-19)4-18-6-20/h7-10H,3-4H2,1-2H3. The summed E-state index contributed by atoms with van der Waals surface area (Å²) in [4.78, 5) is 26.8. The van der Waals surface area contributed by atoms with Gasteiger partial charge in [-0.3, -0.25) is 0 Å². The number of hydrogen-bond donors (Lipinski definition) is 0. The van der Waals surface area contributed by atoms with E-state index >= 15 is 0 Å². The lowest BCUT2D eigenvalue weighted by atomic mass is 9.54. The molecule has 0 N–H and O–H groups in total. The summed E-state index contributed by atoms with van der Waals surface area (Å²) in [6, 6.07) is 0. The van der Waals surface area contributed by atoms with Gasteiger partial charge in [-0.05, 0) is 0 Å². The van der Waals surface area contributed by atoms with Crippen molar-refractivity contribution >= 4 is 12.2 Å². The maximum Gasteiger partial charge on any atom is 0.234 e. The number of isocyanates is 2. The van der Waals surface area contributed by atoms with Gasteiger partial charge in [-0.15, -0.1) is 0 Å². The molecule has 4 unspecified atom stereocenters. The molecule has 0 aromatic heterocycles. The molecule has 8 heteroatoms. The molecule has 1 rings (SSSR count). The van der Waals surface area contributed by atoms with Crippen molar-refractivity contribution < 1.29 is 27.2 Å². The van der Waals surface area contributed by atoms with Gasteiger partial charge in [-0.2, -0.15) is 0 Å². The minimum atomic E-state index is -2.72. The summed E-state index contributed by atoms with van der Waals surface area (Å²) in [5, 5.41) is 0. The first kappa shape index (κ1) is 16.5. The van der Waals surface area contributed by atoms with Crippen molar-refractivity contribution in [1.82, 2.24) is 0 Å². The third-order valence-electron chi connectivity index (χ3n) is 4.22. The van der Waals surface area contributed by atoms with E-state index in [1.54, 1.807) is 0 Å². The summed E-state index contributed by atoms with van der Waals surface area (Å²) in [6.45, 7) is 1.07. The number of hydrogen-bond acceptors (Lipinski definition) is 4. The predicted molar refractivity (Wildman–Crippen MR) is 61.8 cm³/mol. The average molecular weight is 294 g/mol. The highest BCUT2D eigenvalue weighted by Gasteiger charge is 2.65. The van der Waals surface area contributed by atoms with Crippen molar-refractivity contribution in [2.45, 2.75) is 38.5 Å². The molecule has 0 aromatic carbocycles. The Balaban J connectivity index is 3.40. The first-order valence-electron chi connectivity index (χ1n) is 5.90. The van der Waals surface area contributed by atoms with Gasteiger partial charge in [0.25, 0.3) is 0 Å². The van der Waals surface area contributed by atoms with Gasteiger partial charge in [-0.25, -0.2) is 37.1 Å². The van der Waals surface area contributed by atoms with Gasteiger partial charge in [0.15, 0.2) is 12.3 Å². The second-order valence-corrected chi connectivity index (χ2v) is 5.39. The van der Waals surface area contributed by atoms with E-state index in [-0.39, 0.29) is 0 Å². The van der Waals surface area contributed by atoms with Gasteiger partial charge < -0.3 is 0 Å². The van der Waals surface area contributed by atoms with E-state index in [2.05, 4.69) is 9.98 Å². The molecule has 0 aliphatic heterocycles. The van der Waals surface area contributed by atoms with Crippen molar-refractivity contribution in [3.05, 3.63) is 0 Å². The molecule has 0 bridgehead atoms. The predicted octanol–water partition coefficient (Wildman–Crippen LogP) is 2.04. The van der Waals surface area contributed by atoms with Gasteiger partial charge in [0.2, 0.25) is 12.2 Å². The van der Waals surface area contributed by atoms with E-state index in [0.29, 0.717) is 0 Å². The van der Waals surface area contributed by atoms with Crippen molar-refractivity contribution in [1.29, 1.82) is 0 Å². The van der Waals surface area contributed by atoms with E-state index in [0.717, 1.165) is 12.2 Å². The Kier molecular flexibility index (Phi) is 4.84. The largest absolute Gasteiger partial charge is 0.244 e. The molecule has 112 valence electrons. The normalized spacial score (nSPS) is 39.5. The molecule has 1 fully saturated rings. The maximum atomic E-state index is 14.3. The molecule has 0 saturated heterocycles. The van der Waals surface area contributed by atoms with Crippen LogP contribution < -0.4 is 0 Å². The van der Waals surface area contributed by atoms with E-state index in [1.807, 2.05) is 0 Å². The SMILES string of the molecule is CC1(C)C(F)C(F)C(F)C(F)C1(CN=C=O)CN=C=O. The molecular formula is C12H14F4N2O2. The summed E-state index contributed by atoms with van der Waals surface area (Å²) >= 11 is 0. The van der Waals surface area contributed by atoms with Gasteiger partial charge in [0.05, 0.1) is 18.5 Å². The molecule has 0 radical (unpaired) electrons. The van der Waals surface area contributed by atoms with Crippen molar-refractivity contribution in [2.75, 3.05) is 13.1 Å². The van der Waals surface area contributed by atoms with Crippen molar-refractivity contribution in [3.8, 4) is 0 Å². The minimum absolute atomic E-state index is 0.649. The summed E-state index contributed by atoms with van der Waals surface area (Å²) in [7, 11) is 0. The Morgan fingerprint density at radius 1 is 0.900 bits per heavy atom. The third kappa shape index (κ3) is 2.30. The molecular weight excluding hydrogens is 280 g/mol. The smallest absolute Gasteiger partial charge is 0.234 e. The molecule has 1 aliphatic carbocycles. The number of rotatable bonds is 4. The van der Waals surface area contributed by atoms with Crippen molar-refractivity contribution in [3.63, 3.8) is 0 Å². The van der Waals surface area contributed by atoms with Gasteiger partial charge in [0, 0.05) is 5.41 Å². The second kappa shape index (κ2) is 5.85. The van der Waals surface area contributed by atoms with E-state index in [9.17, 15) is 27.2 Å². The maximum absolute atomic E-state index is 14.3.